The molecule has 1 N–H and O–H groups in total. The van der Waals surface area contributed by atoms with Gasteiger partial charge in [0, 0.05) is 5.75 Å². The van der Waals surface area contributed by atoms with Crippen molar-refractivity contribution < 1.29 is 14.3 Å². The lowest BCUT2D eigenvalue weighted by molar-refractivity contribution is 0.0600. The van der Waals surface area contributed by atoms with Crippen LogP contribution in [-0.2, 0) is 10.5 Å². The SMILES string of the molecule is COC(=O)c1ccc(CSc2nnc(NC(=O)c3snnc3C)s2)cc1. The van der Waals surface area contributed by atoms with Crippen LogP contribution in [0.2, 0.25) is 0 Å². The molecule has 0 spiro atoms. The van der Waals surface area contributed by atoms with Gasteiger partial charge in [-0.25, -0.2) is 4.79 Å². The molecule has 0 atom stereocenters. The number of rotatable bonds is 6. The molecule has 1 aromatic carbocycles. The van der Waals surface area contributed by atoms with Gasteiger partial charge < -0.3 is 4.74 Å². The quantitative estimate of drug-likeness (QED) is 0.377. The number of aryl methyl sites for hydroxylation is 1. The van der Waals surface area contributed by atoms with Crippen molar-refractivity contribution in [2.45, 2.75) is 17.0 Å². The smallest absolute Gasteiger partial charge is 0.337 e. The molecule has 0 aliphatic rings. The van der Waals surface area contributed by atoms with E-state index in [4.69, 9.17) is 0 Å². The van der Waals surface area contributed by atoms with Gasteiger partial charge in [0.1, 0.15) is 4.88 Å². The van der Waals surface area contributed by atoms with E-state index in [1.807, 2.05) is 12.1 Å². The molecule has 0 radical (unpaired) electrons. The lowest BCUT2D eigenvalue weighted by Crippen LogP contribution is -2.11. The van der Waals surface area contributed by atoms with E-state index >= 15 is 0 Å². The highest BCUT2D eigenvalue weighted by atomic mass is 32.2. The predicted molar refractivity (Wildman–Crippen MR) is 99.9 cm³/mol. The monoisotopic (exact) mass is 407 g/mol. The Kier molecular flexibility index (Phi) is 5.91. The van der Waals surface area contributed by atoms with Crippen molar-refractivity contribution >= 4 is 51.6 Å². The van der Waals surface area contributed by atoms with Crippen LogP contribution in [0.4, 0.5) is 5.13 Å². The third-order valence-electron chi connectivity index (χ3n) is 3.22. The first-order valence-electron chi connectivity index (χ1n) is 7.30. The number of aromatic nitrogens is 4. The Hall–Kier alpha value is -2.37. The van der Waals surface area contributed by atoms with Crippen molar-refractivity contribution in [1.82, 2.24) is 19.8 Å². The fraction of sp³-hybridized carbons (Fsp3) is 0.200. The third kappa shape index (κ3) is 4.42. The molecule has 0 fully saturated rings. The number of carbonyl (C=O) groups excluding carboxylic acids is 2. The van der Waals surface area contributed by atoms with E-state index in [0.29, 0.717) is 27.0 Å². The van der Waals surface area contributed by atoms with Gasteiger partial charge in [0.25, 0.3) is 5.91 Å². The Morgan fingerprint density at radius 1 is 1.19 bits per heavy atom. The summed E-state index contributed by atoms with van der Waals surface area (Å²) < 4.78 is 9.14. The number of anilines is 1. The largest absolute Gasteiger partial charge is 0.465 e. The summed E-state index contributed by atoms with van der Waals surface area (Å²) in [5, 5.41) is 15.0. The molecule has 2 aromatic heterocycles. The summed E-state index contributed by atoms with van der Waals surface area (Å²) in [5.74, 6) is 0.0192. The standard InChI is InChI=1S/C15H13N5O3S3/c1-8-11(26-20-17-8)12(21)16-14-18-19-15(25-14)24-7-9-3-5-10(6-4-9)13(22)23-2/h3-6H,7H2,1-2H3,(H,16,18,21). The van der Waals surface area contributed by atoms with Gasteiger partial charge in [-0.2, -0.15) is 0 Å². The molecule has 2 heterocycles. The van der Waals surface area contributed by atoms with E-state index in [0.717, 1.165) is 21.4 Å². The van der Waals surface area contributed by atoms with Crippen molar-refractivity contribution in [3.05, 3.63) is 46.0 Å². The zero-order chi connectivity index (χ0) is 18.5. The van der Waals surface area contributed by atoms with Crippen LogP contribution >= 0.6 is 34.6 Å². The lowest BCUT2D eigenvalue weighted by atomic mass is 10.1. The van der Waals surface area contributed by atoms with E-state index in [1.165, 1.54) is 30.2 Å². The maximum absolute atomic E-state index is 12.1. The first kappa shape index (κ1) is 18.4. The zero-order valence-electron chi connectivity index (χ0n) is 13.8. The summed E-state index contributed by atoms with van der Waals surface area (Å²) in [6.45, 7) is 1.73. The van der Waals surface area contributed by atoms with Crippen LogP contribution in [0.1, 0.15) is 31.3 Å². The van der Waals surface area contributed by atoms with Crippen LogP contribution in [0.15, 0.2) is 28.6 Å². The van der Waals surface area contributed by atoms with E-state index in [-0.39, 0.29) is 11.9 Å². The van der Waals surface area contributed by atoms with E-state index in [2.05, 4.69) is 29.8 Å². The Morgan fingerprint density at radius 3 is 2.62 bits per heavy atom. The summed E-state index contributed by atoms with van der Waals surface area (Å²) >= 11 is 3.83. The topological polar surface area (TPSA) is 107 Å². The average Bonchev–Trinajstić information content (AvgIpc) is 3.28. The number of benzene rings is 1. The van der Waals surface area contributed by atoms with Gasteiger partial charge >= 0.3 is 5.97 Å². The number of ether oxygens (including phenoxy) is 1. The number of carbonyl (C=O) groups is 2. The van der Waals surface area contributed by atoms with Gasteiger partial charge in [-0.05, 0) is 36.2 Å². The van der Waals surface area contributed by atoms with Crippen LogP contribution in [-0.4, -0.2) is 38.8 Å². The second-order valence-electron chi connectivity index (χ2n) is 4.99. The number of hydrogen-bond donors (Lipinski definition) is 1. The Bertz CT molecular complexity index is 923. The minimum Gasteiger partial charge on any atom is -0.465 e. The number of methoxy groups -OCH3 is 1. The molecular formula is C15H13N5O3S3. The van der Waals surface area contributed by atoms with E-state index in [1.54, 1.807) is 19.1 Å². The van der Waals surface area contributed by atoms with Crippen LogP contribution in [0.5, 0.6) is 0 Å². The molecule has 134 valence electrons. The minimum absolute atomic E-state index is 0.288. The molecule has 0 bridgehead atoms. The van der Waals surface area contributed by atoms with Crippen LogP contribution in [0.25, 0.3) is 0 Å². The normalized spacial score (nSPS) is 10.5. The first-order chi connectivity index (χ1) is 12.6. The van der Waals surface area contributed by atoms with E-state index < -0.39 is 0 Å². The molecular weight excluding hydrogens is 394 g/mol. The summed E-state index contributed by atoms with van der Waals surface area (Å²) in [5.41, 5.74) is 2.13. The van der Waals surface area contributed by atoms with Gasteiger partial charge in [-0.1, -0.05) is 39.7 Å². The van der Waals surface area contributed by atoms with Gasteiger partial charge in [-0.15, -0.1) is 15.3 Å². The number of nitrogens with zero attached hydrogens (tertiary/aromatic N) is 4. The molecule has 0 unspecified atom stereocenters. The van der Waals surface area contributed by atoms with Gasteiger partial charge in [0.15, 0.2) is 4.34 Å². The summed E-state index contributed by atoms with van der Waals surface area (Å²) in [4.78, 5) is 24.0. The van der Waals surface area contributed by atoms with Crippen LogP contribution in [0.3, 0.4) is 0 Å². The van der Waals surface area contributed by atoms with Crippen LogP contribution < -0.4 is 5.32 Å². The summed E-state index contributed by atoms with van der Waals surface area (Å²) in [6, 6.07) is 7.17. The molecule has 0 saturated carbocycles. The maximum Gasteiger partial charge on any atom is 0.337 e. The second-order valence-corrected chi connectivity index (χ2v) is 7.95. The first-order valence-corrected chi connectivity index (χ1v) is 9.88. The van der Waals surface area contributed by atoms with Crippen molar-refractivity contribution in [2.24, 2.45) is 0 Å². The molecule has 1 amide bonds. The molecule has 3 aromatic rings. The molecule has 26 heavy (non-hydrogen) atoms. The average molecular weight is 408 g/mol. The maximum atomic E-state index is 12.1. The van der Waals surface area contributed by atoms with Crippen molar-refractivity contribution in [3.63, 3.8) is 0 Å². The highest BCUT2D eigenvalue weighted by molar-refractivity contribution is 8.00. The number of amides is 1. The second kappa shape index (κ2) is 8.34. The van der Waals surface area contributed by atoms with Crippen molar-refractivity contribution in [3.8, 4) is 0 Å². The fourth-order valence-corrected chi connectivity index (χ4v) is 4.17. The Balaban J connectivity index is 1.56. The molecule has 0 aliphatic heterocycles. The summed E-state index contributed by atoms with van der Waals surface area (Å²) in [6.07, 6.45) is 0. The van der Waals surface area contributed by atoms with Gasteiger partial charge in [0.2, 0.25) is 5.13 Å². The molecule has 0 aliphatic carbocycles. The molecule has 11 heteroatoms. The molecule has 0 saturated heterocycles. The predicted octanol–water partition coefficient (Wildman–Crippen LogP) is 3.03. The third-order valence-corrected chi connectivity index (χ3v) is 6.09. The molecule has 8 nitrogen and oxygen atoms in total. The summed E-state index contributed by atoms with van der Waals surface area (Å²) in [7, 11) is 1.35. The minimum atomic E-state index is -0.361. The van der Waals surface area contributed by atoms with Crippen molar-refractivity contribution in [2.75, 3.05) is 12.4 Å². The molecule has 3 rings (SSSR count). The highest BCUT2D eigenvalue weighted by Crippen LogP contribution is 2.28. The van der Waals surface area contributed by atoms with Gasteiger partial charge in [-0.3, -0.25) is 10.1 Å². The number of nitrogens with one attached hydrogen (secondary N) is 1. The Labute approximate surface area is 161 Å². The number of esters is 1. The van der Waals surface area contributed by atoms with Crippen LogP contribution in [0, 0.1) is 6.92 Å². The highest BCUT2D eigenvalue weighted by Gasteiger charge is 2.15. The Morgan fingerprint density at radius 2 is 1.96 bits per heavy atom. The number of thioether (sulfide) groups is 1. The van der Waals surface area contributed by atoms with Crippen molar-refractivity contribution in [1.29, 1.82) is 0 Å². The lowest BCUT2D eigenvalue weighted by Gasteiger charge is -2.01. The van der Waals surface area contributed by atoms with Gasteiger partial charge in [0.05, 0.1) is 18.4 Å². The number of hydrogen-bond acceptors (Lipinski definition) is 10. The fourth-order valence-electron chi connectivity index (χ4n) is 1.91. The van der Waals surface area contributed by atoms with E-state index in [9.17, 15) is 9.59 Å². The zero-order valence-corrected chi connectivity index (χ0v) is 16.2.